The number of hydrogen-bond donors (Lipinski definition) is 0. The molecule has 0 aromatic heterocycles. The Morgan fingerprint density at radius 3 is 2.55 bits per heavy atom. The zero-order valence-electron chi connectivity index (χ0n) is 11.3. The van der Waals surface area contributed by atoms with Crippen molar-refractivity contribution in [2.75, 3.05) is 13.1 Å². The fourth-order valence-electron chi connectivity index (χ4n) is 3.30. The van der Waals surface area contributed by atoms with Crippen LogP contribution in [0.25, 0.3) is 0 Å². The van der Waals surface area contributed by atoms with Gasteiger partial charge in [-0.15, -0.1) is 4.91 Å². The van der Waals surface area contributed by atoms with Gasteiger partial charge >= 0.3 is 12.1 Å². The Kier molecular flexibility index (Phi) is 3.43. The van der Waals surface area contributed by atoms with Crippen molar-refractivity contribution in [3.63, 3.8) is 0 Å². The number of nitrogens with zero attached hydrogens (tertiary/aromatic N) is 2. The second-order valence-corrected chi connectivity index (χ2v) is 6.22. The number of amides is 1. The Morgan fingerprint density at radius 2 is 2.00 bits per heavy atom. The first kappa shape index (κ1) is 15.3. The molecule has 2 aliphatic rings. The van der Waals surface area contributed by atoms with E-state index in [4.69, 9.17) is 11.6 Å². The van der Waals surface area contributed by atoms with Crippen LogP contribution in [0.1, 0.15) is 23.0 Å². The van der Waals surface area contributed by atoms with Gasteiger partial charge in [-0.2, -0.15) is 13.2 Å². The van der Waals surface area contributed by atoms with Gasteiger partial charge in [-0.1, -0.05) is 35.9 Å². The third-order valence-electron chi connectivity index (χ3n) is 4.53. The Hall–Kier alpha value is -1.63. The van der Waals surface area contributed by atoms with Crippen LogP contribution in [0.4, 0.5) is 13.2 Å². The van der Waals surface area contributed by atoms with E-state index in [1.165, 1.54) is 0 Å². The van der Waals surface area contributed by atoms with Gasteiger partial charge in [0.25, 0.3) is 0 Å². The number of carbonyl (C=O) groups excluding carboxylic acids is 1. The average molecular weight is 333 g/mol. The fourth-order valence-corrected chi connectivity index (χ4v) is 3.44. The van der Waals surface area contributed by atoms with E-state index >= 15 is 0 Å². The van der Waals surface area contributed by atoms with Gasteiger partial charge in [0.2, 0.25) is 0 Å². The molecule has 3 rings (SSSR count). The summed E-state index contributed by atoms with van der Waals surface area (Å²) in [6.07, 6.45) is -4.06. The van der Waals surface area contributed by atoms with E-state index < -0.39 is 23.0 Å². The number of hydrogen-bond acceptors (Lipinski definition) is 3. The van der Waals surface area contributed by atoms with Crippen LogP contribution in [-0.4, -0.2) is 30.1 Å². The lowest BCUT2D eigenvalue weighted by atomic mass is 9.94. The van der Waals surface area contributed by atoms with Gasteiger partial charge in [0.1, 0.15) is 0 Å². The summed E-state index contributed by atoms with van der Waals surface area (Å²) in [5.74, 6) is -1.72. The predicted molar refractivity (Wildman–Crippen MR) is 73.3 cm³/mol. The molecule has 1 aromatic rings. The summed E-state index contributed by atoms with van der Waals surface area (Å²) in [7, 11) is 0. The van der Waals surface area contributed by atoms with Gasteiger partial charge in [-0.25, -0.2) is 0 Å². The standard InChI is InChI=1S/C14H12ClF3N2O2/c15-11(19-22)8-1-3-9(4-2-8)13-5-10(13)6-20(7-13)12(21)14(16,17)18/h1-4,10-11H,5-7H2/t10-,11?,13+/m0/s1. The van der Waals surface area contributed by atoms with Crippen molar-refractivity contribution >= 4 is 17.5 Å². The summed E-state index contributed by atoms with van der Waals surface area (Å²) in [6, 6.07) is 6.79. The fraction of sp³-hybridized carbons (Fsp3) is 0.500. The lowest BCUT2D eigenvalue weighted by molar-refractivity contribution is -0.184. The molecule has 1 aromatic carbocycles. The second-order valence-electron chi connectivity index (χ2n) is 5.80. The summed E-state index contributed by atoms with van der Waals surface area (Å²) >= 11 is 5.71. The minimum Gasteiger partial charge on any atom is -0.334 e. The van der Waals surface area contributed by atoms with Gasteiger partial charge < -0.3 is 4.90 Å². The molecule has 0 bridgehead atoms. The normalized spacial score (nSPS) is 28.2. The lowest BCUT2D eigenvalue weighted by Gasteiger charge is -2.22. The lowest BCUT2D eigenvalue weighted by Crippen LogP contribution is -2.41. The third-order valence-corrected chi connectivity index (χ3v) is 4.86. The number of halogens is 4. The van der Waals surface area contributed by atoms with Crippen LogP contribution in [0.2, 0.25) is 0 Å². The highest BCUT2D eigenvalue weighted by Crippen LogP contribution is 2.59. The number of benzene rings is 1. The minimum absolute atomic E-state index is 0.0562. The van der Waals surface area contributed by atoms with E-state index in [1.807, 2.05) is 0 Å². The number of carbonyl (C=O) groups is 1. The SMILES string of the molecule is O=NC(Cl)c1ccc([C@]23C[C@H]2CN(C(=O)C(F)(F)F)C3)cc1. The Labute approximate surface area is 129 Å². The van der Waals surface area contributed by atoms with Gasteiger partial charge in [-0.3, -0.25) is 4.79 Å². The molecule has 118 valence electrons. The molecule has 0 spiro atoms. The van der Waals surface area contributed by atoms with Crippen LogP contribution in [-0.2, 0) is 10.2 Å². The van der Waals surface area contributed by atoms with Crippen LogP contribution < -0.4 is 0 Å². The highest BCUT2D eigenvalue weighted by Gasteiger charge is 2.63. The molecule has 0 radical (unpaired) electrons. The molecule has 8 heteroatoms. The molecule has 4 nitrogen and oxygen atoms in total. The summed E-state index contributed by atoms with van der Waals surface area (Å²) in [4.78, 5) is 22.6. The number of rotatable bonds is 3. The van der Waals surface area contributed by atoms with Gasteiger partial charge in [0.15, 0.2) is 5.50 Å². The molecule has 1 heterocycles. The molecule has 1 amide bonds. The second kappa shape index (κ2) is 4.94. The van der Waals surface area contributed by atoms with Crippen LogP contribution in [0, 0.1) is 10.8 Å². The van der Waals surface area contributed by atoms with E-state index in [0.29, 0.717) is 5.56 Å². The molecule has 2 fully saturated rings. The maximum absolute atomic E-state index is 12.5. The molecule has 0 N–H and O–H groups in total. The van der Waals surface area contributed by atoms with Crippen LogP contribution >= 0.6 is 11.6 Å². The van der Waals surface area contributed by atoms with E-state index in [0.717, 1.165) is 16.9 Å². The van der Waals surface area contributed by atoms with Crippen molar-refractivity contribution < 1.29 is 18.0 Å². The van der Waals surface area contributed by atoms with Gasteiger partial charge in [0.05, 0.1) is 0 Å². The van der Waals surface area contributed by atoms with Crippen LogP contribution in [0.5, 0.6) is 0 Å². The molecule has 1 unspecified atom stereocenters. The van der Waals surface area contributed by atoms with Crippen molar-refractivity contribution in [2.45, 2.75) is 23.5 Å². The van der Waals surface area contributed by atoms with Crippen molar-refractivity contribution in [3.05, 3.63) is 40.3 Å². The maximum Gasteiger partial charge on any atom is 0.471 e. The topological polar surface area (TPSA) is 49.7 Å². The first-order chi connectivity index (χ1) is 10.3. The predicted octanol–water partition coefficient (Wildman–Crippen LogP) is 3.35. The summed E-state index contributed by atoms with van der Waals surface area (Å²) < 4.78 is 37.5. The molecular formula is C14H12ClF3N2O2. The van der Waals surface area contributed by atoms with E-state index in [1.54, 1.807) is 24.3 Å². The molecule has 22 heavy (non-hydrogen) atoms. The summed E-state index contributed by atoms with van der Waals surface area (Å²) in [6.45, 7) is 0.208. The first-order valence-corrected chi connectivity index (χ1v) is 7.14. The third kappa shape index (κ3) is 2.37. The number of likely N-dealkylation sites (tertiary alicyclic amines) is 1. The molecular weight excluding hydrogens is 321 g/mol. The number of fused-ring (bicyclic) bond motifs is 1. The highest BCUT2D eigenvalue weighted by molar-refractivity contribution is 6.20. The Bertz CT molecular complexity index is 620. The van der Waals surface area contributed by atoms with Gasteiger partial charge in [0, 0.05) is 18.5 Å². The zero-order chi connectivity index (χ0) is 16.1. The summed E-state index contributed by atoms with van der Waals surface area (Å²) in [5, 5.41) is 2.71. The van der Waals surface area contributed by atoms with E-state index in [2.05, 4.69) is 5.18 Å². The van der Waals surface area contributed by atoms with Crippen LogP contribution in [0.15, 0.2) is 29.4 Å². The number of alkyl halides is 4. The molecule has 1 saturated heterocycles. The van der Waals surface area contributed by atoms with E-state index in [9.17, 15) is 22.9 Å². The molecule has 1 aliphatic heterocycles. The smallest absolute Gasteiger partial charge is 0.334 e. The number of nitroso groups, excluding NO2 is 1. The van der Waals surface area contributed by atoms with Crippen molar-refractivity contribution in [1.29, 1.82) is 0 Å². The zero-order valence-corrected chi connectivity index (χ0v) is 12.1. The maximum atomic E-state index is 12.5. The summed E-state index contributed by atoms with van der Waals surface area (Å²) in [5.41, 5.74) is 0.0349. The van der Waals surface area contributed by atoms with Crippen molar-refractivity contribution in [1.82, 2.24) is 4.90 Å². The monoisotopic (exact) mass is 332 g/mol. The minimum atomic E-state index is -4.83. The van der Waals surface area contributed by atoms with Gasteiger partial charge in [-0.05, 0) is 28.6 Å². The van der Waals surface area contributed by atoms with Crippen molar-refractivity contribution in [3.8, 4) is 0 Å². The Balaban J connectivity index is 1.77. The molecule has 1 aliphatic carbocycles. The average Bonchev–Trinajstić information content (AvgIpc) is 3.07. The quantitative estimate of drug-likeness (QED) is 0.484. The molecule has 1 saturated carbocycles. The van der Waals surface area contributed by atoms with E-state index in [-0.39, 0.29) is 19.0 Å². The number of piperidine rings is 1. The highest BCUT2D eigenvalue weighted by atomic mass is 35.5. The Morgan fingerprint density at radius 1 is 1.36 bits per heavy atom. The first-order valence-electron chi connectivity index (χ1n) is 6.71. The van der Waals surface area contributed by atoms with Crippen molar-refractivity contribution in [2.24, 2.45) is 11.1 Å². The largest absolute Gasteiger partial charge is 0.471 e. The molecule has 3 atom stereocenters. The van der Waals surface area contributed by atoms with Crippen LogP contribution in [0.3, 0.4) is 0 Å².